The molecule has 0 bridgehead atoms. The number of aromatic hydroxyl groups is 1. The minimum atomic E-state index is -0.977. The first-order chi connectivity index (χ1) is 14.9. The average molecular weight is 448 g/mol. The molecule has 31 heavy (non-hydrogen) atoms. The Hall–Kier alpha value is -1.13. The average Bonchev–Trinajstić information content (AvgIpc) is 3.49. The van der Waals surface area contributed by atoms with Crippen molar-refractivity contribution in [3.8, 4) is 11.5 Å². The summed E-state index contributed by atoms with van der Waals surface area (Å²) in [5, 5.41) is 14.7. The van der Waals surface area contributed by atoms with Gasteiger partial charge in [-0.1, -0.05) is 38.3 Å². The number of hydrogen-bond donors (Lipinski definition) is 2. The van der Waals surface area contributed by atoms with E-state index in [0.717, 1.165) is 50.1 Å². The summed E-state index contributed by atoms with van der Waals surface area (Å²) in [4.78, 5) is 2.46. The van der Waals surface area contributed by atoms with Crippen LogP contribution in [-0.4, -0.2) is 54.4 Å². The zero-order chi connectivity index (χ0) is 22.4. The zero-order valence-corrected chi connectivity index (χ0v) is 21.0. The number of hydrogen-bond acceptors (Lipinski definition) is 5. The van der Waals surface area contributed by atoms with Gasteiger partial charge in [-0.15, -0.1) is 0 Å². The molecule has 6 heteroatoms. The molecule has 2 aliphatic rings. The fourth-order valence-corrected chi connectivity index (χ4v) is 5.73. The van der Waals surface area contributed by atoms with Gasteiger partial charge < -0.3 is 9.63 Å². The Labute approximate surface area is 190 Å². The van der Waals surface area contributed by atoms with E-state index >= 15 is 0 Å². The molecule has 1 fully saturated rings. The summed E-state index contributed by atoms with van der Waals surface area (Å²) < 4.78 is 8.78. The highest BCUT2D eigenvalue weighted by molar-refractivity contribution is 7.48. The van der Waals surface area contributed by atoms with Crippen molar-refractivity contribution in [1.82, 2.24) is 14.7 Å². The van der Waals surface area contributed by atoms with Gasteiger partial charge in [-0.3, -0.25) is 4.90 Å². The van der Waals surface area contributed by atoms with E-state index in [1.165, 1.54) is 36.9 Å². The van der Waals surface area contributed by atoms with Gasteiger partial charge in [-0.25, -0.2) is 9.76 Å². The molecule has 0 radical (unpaired) electrons. The number of likely N-dealkylation sites (N-methyl/N-ethyl adjacent to an activating group) is 1. The normalized spacial score (nSPS) is 24.2. The lowest BCUT2D eigenvalue weighted by Gasteiger charge is -2.29. The van der Waals surface area contributed by atoms with Crippen molar-refractivity contribution in [3.05, 3.63) is 34.9 Å². The highest BCUT2D eigenvalue weighted by Gasteiger charge is 2.33. The summed E-state index contributed by atoms with van der Waals surface area (Å²) in [5.41, 5.74) is 3.56. The number of aryl methyl sites for hydroxylation is 1. The molecule has 174 valence electrons. The summed E-state index contributed by atoms with van der Waals surface area (Å²) in [6.45, 7) is 9.86. The van der Waals surface area contributed by atoms with Crippen molar-refractivity contribution in [2.24, 2.45) is 0 Å². The molecule has 0 saturated carbocycles. The van der Waals surface area contributed by atoms with Crippen molar-refractivity contribution in [3.63, 3.8) is 0 Å². The fourth-order valence-electron chi connectivity index (χ4n) is 4.51. The molecule has 0 spiro atoms. The van der Waals surface area contributed by atoms with Crippen LogP contribution < -0.4 is 9.61 Å². The number of nitrogens with one attached hydrogen (secondary N) is 1. The quantitative estimate of drug-likeness (QED) is 0.184. The van der Waals surface area contributed by atoms with Crippen LogP contribution in [0.1, 0.15) is 76.3 Å². The van der Waals surface area contributed by atoms with Crippen molar-refractivity contribution < 1.29 is 9.63 Å². The Morgan fingerprint density at radius 1 is 1.26 bits per heavy atom. The second kappa shape index (κ2) is 11.7. The van der Waals surface area contributed by atoms with Gasteiger partial charge in [0.1, 0.15) is 11.5 Å². The Morgan fingerprint density at radius 3 is 2.71 bits per heavy atom. The first-order valence-corrected chi connectivity index (χ1v) is 13.3. The number of nitrogens with zero attached hydrogens (tertiary/aromatic N) is 2. The number of phenolic OH excluding ortho intramolecular Hbond substituents is 1. The summed E-state index contributed by atoms with van der Waals surface area (Å²) in [6, 6.07) is 4.79. The maximum Gasteiger partial charge on any atom is 0.244 e. The van der Waals surface area contributed by atoms with E-state index in [1.807, 2.05) is 6.07 Å². The molecule has 1 aliphatic heterocycles. The Kier molecular flexibility index (Phi) is 9.21. The summed E-state index contributed by atoms with van der Waals surface area (Å²) in [5.74, 6) is 1.48. The van der Waals surface area contributed by atoms with E-state index in [-0.39, 0.29) is 5.92 Å². The van der Waals surface area contributed by atoms with E-state index < -0.39 is 8.45 Å². The lowest BCUT2D eigenvalue weighted by atomic mass is 9.84. The number of benzene rings is 1. The molecule has 0 amide bonds. The number of allylic oxidation sites excluding steroid dienone is 2. The molecule has 1 heterocycles. The summed E-state index contributed by atoms with van der Waals surface area (Å²) in [7, 11) is 3.16. The highest BCUT2D eigenvalue weighted by atomic mass is 31.2. The monoisotopic (exact) mass is 447 g/mol. The molecule has 4 atom stereocenters. The maximum atomic E-state index is 11.1. The standard InChI is InChI=1S/C25H42N3O2P/c1-6-8-9-12-20-15-23(29)25(21-13-10-11-19(3)14-21)24(16-20)30-31(27(4)5)26-17-22-18-28(22)7-2/h14-16,21-22,26,29H,6-13,17-18H2,1-5H3. The maximum absolute atomic E-state index is 11.1. The van der Waals surface area contributed by atoms with Gasteiger partial charge >= 0.3 is 0 Å². The summed E-state index contributed by atoms with van der Waals surface area (Å²) in [6.07, 6.45) is 10.3. The molecule has 1 saturated heterocycles. The van der Waals surface area contributed by atoms with E-state index in [0.29, 0.717) is 11.8 Å². The lowest BCUT2D eigenvalue weighted by molar-refractivity contribution is 0.445. The Bertz CT molecular complexity index is 753. The van der Waals surface area contributed by atoms with Crippen LogP contribution in [0.3, 0.4) is 0 Å². The second-order valence-corrected chi connectivity index (χ2v) is 11.2. The van der Waals surface area contributed by atoms with Gasteiger partial charge in [-0.2, -0.15) is 0 Å². The minimum absolute atomic E-state index is 0.228. The summed E-state index contributed by atoms with van der Waals surface area (Å²) >= 11 is 0. The van der Waals surface area contributed by atoms with Gasteiger partial charge in [0.25, 0.3) is 0 Å². The van der Waals surface area contributed by atoms with Crippen LogP contribution in [0.25, 0.3) is 0 Å². The van der Waals surface area contributed by atoms with Crippen LogP contribution in [0, 0.1) is 0 Å². The van der Waals surface area contributed by atoms with Gasteiger partial charge in [0.05, 0.1) is 0 Å². The molecule has 1 aromatic carbocycles. The van der Waals surface area contributed by atoms with E-state index in [1.54, 1.807) is 0 Å². The Morgan fingerprint density at radius 2 is 2.06 bits per heavy atom. The molecule has 5 nitrogen and oxygen atoms in total. The van der Waals surface area contributed by atoms with Gasteiger partial charge in [0.2, 0.25) is 8.45 Å². The molecule has 2 N–H and O–H groups in total. The third-order valence-electron chi connectivity index (χ3n) is 6.44. The van der Waals surface area contributed by atoms with E-state index in [2.05, 4.69) is 61.7 Å². The van der Waals surface area contributed by atoms with Crippen molar-refractivity contribution in [1.29, 1.82) is 0 Å². The molecule has 1 aromatic rings. The van der Waals surface area contributed by atoms with E-state index in [4.69, 9.17) is 4.52 Å². The number of rotatable bonds is 12. The van der Waals surface area contributed by atoms with Crippen LogP contribution in [0.15, 0.2) is 23.8 Å². The van der Waals surface area contributed by atoms with Crippen molar-refractivity contribution >= 4 is 8.45 Å². The SMILES string of the molecule is CCCCCc1cc(O)c(C2C=C(C)CCC2)c(OP(NCC2CN2CC)N(C)C)c1. The largest absolute Gasteiger partial charge is 0.507 e. The second-order valence-electron chi connectivity index (χ2n) is 9.31. The number of phenols is 1. The molecule has 1 aliphatic carbocycles. The predicted octanol–water partition coefficient (Wildman–Crippen LogP) is 5.80. The topological polar surface area (TPSA) is 47.7 Å². The smallest absolute Gasteiger partial charge is 0.244 e. The third kappa shape index (κ3) is 6.92. The molecule has 0 aromatic heterocycles. The zero-order valence-electron chi connectivity index (χ0n) is 20.2. The number of unbranched alkanes of at least 4 members (excludes halogenated alkanes) is 2. The van der Waals surface area contributed by atoms with Crippen LogP contribution in [0.4, 0.5) is 0 Å². The van der Waals surface area contributed by atoms with Crippen LogP contribution in [0.2, 0.25) is 0 Å². The predicted molar refractivity (Wildman–Crippen MR) is 132 cm³/mol. The van der Waals surface area contributed by atoms with Crippen LogP contribution in [0.5, 0.6) is 11.5 Å². The Balaban J connectivity index is 1.83. The van der Waals surface area contributed by atoms with Gasteiger partial charge in [-0.05, 0) is 77.4 Å². The molecule has 4 unspecified atom stereocenters. The molecular formula is C25H42N3O2P. The van der Waals surface area contributed by atoms with Crippen molar-refractivity contribution in [2.75, 3.05) is 33.7 Å². The molecule has 3 rings (SSSR count). The van der Waals surface area contributed by atoms with Crippen molar-refractivity contribution in [2.45, 2.75) is 77.7 Å². The van der Waals surface area contributed by atoms with E-state index in [9.17, 15) is 5.11 Å². The lowest BCUT2D eigenvalue weighted by Crippen LogP contribution is -2.26. The third-order valence-corrected chi connectivity index (χ3v) is 7.99. The fraction of sp³-hybridized carbons (Fsp3) is 0.680. The minimum Gasteiger partial charge on any atom is -0.507 e. The van der Waals surface area contributed by atoms with Crippen LogP contribution >= 0.6 is 8.45 Å². The van der Waals surface area contributed by atoms with Gasteiger partial charge in [0.15, 0.2) is 0 Å². The first-order valence-electron chi connectivity index (χ1n) is 12.1. The molecular weight excluding hydrogens is 405 g/mol. The first kappa shape index (κ1) is 24.5. The van der Waals surface area contributed by atoms with Gasteiger partial charge in [0, 0.05) is 30.6 Å². The van der Waals surface area contributed by atoms with Crippen LogP contribution in [-0.2, 0) is 6.42 Å². The highest BCUT2D eigenvalue weighted by Crippen LogP contribution is 2.46.